The number of ether oxygens (including phenoxy) is 1. The highest BCUT2D eigenvalue weighted by Gasteiger charge is 2.19. The van der Waals surface area contributed by atoms with Gasteiger partial charge in [-0.2, -0.15) is 0 Å². The average Bonchev–Trinajstić information content (AvgIpc) is 2.86. The van der Waals surface area contributed by atoms with Gasteiger partial charge in [-0.3, -0.25) is 4.90 Å². The van der Waals surface area contributed by atoms with E-state index in [0.29, 0.717) is 13.2 Å². The molecule has 1 heterocycles. The molecule has 0 bridgehead atoms. The number of methoxy groups -OCH3 is 1. The minimum Gasteiger partial charge on any atom is -0.389 e. The van der Waals surface area contributed by atoms with Gasteiger partial charge in [0.25, 0.3) is 0 Å². The molecular formula is C17H24N2O2S. The Hall–Kier alpha value is -1.27. The number of hydrogen-bond acceptors (Lipinski definition) is 5. The third-order valence-corrected chi connectivity index (χ3v) is 3.98. The number of thiazole rings is 1. The second-order valence-electron chi connectivity index (χ2n) is 6.11. The summed E-state index contributed by atoms with van der Waals surface area (Å²) in [4.78, 5) is 6.80. The van der Waals surface area contributed by atoms with E-state index in [1.165, 1.54) is 5.56 Å². The topological polar surface area (TPSA) is 45.6 Å². The maximum absolute atomic E-state index is 10.2. The van der Waals surface area contributed by atoms with E-state index in [2.05, 4.69) is 27.4 Å². The molecule has 0 unspecified atom stereocenters. The Labute approximate surface area is 136 Å². The van der Waals surface area contributed by atoms with E-state index in [1.54, 1.807) is 18.4 Å². The molecule has 120 valence electrons. The van der Waals surface area contributed by atoms with Crippen LogP contribution in [0.1, 0.15) is 30.1 Å². The third kappa shape index (κ3) is 5.85. The van der Waals surface area contributed by atoms with Gasteiger partial charge in [0.1, 0.15) is 5.01 Å². The van der Waals surface area contributed by atoms with Crippen molar-refractivity contribution in [2.45, 2.75) is 39.1 Å². The summed E-state index contributed by atoms with van der Waals surface area (Å²) < 4.78 is 5.12. The van der Waals surface area contributed by atoms with Crippen LogP contribution in [0.25, 0.3) is 0 Å². The molecule has 0 aliphatic carbocycles. The predicted octanol–water partition coefficient (Wildman–Crippen LogP) is 3.06. The van der Waals surface area contributed by atoms with Crippen LogP contribution in [-0.2, 0) is 24.4 Å². The van der Waals surface area contributed by atoms with Crippen LogP contribution in [0.2, 0.25) is 0 Å². The van der Waals surface area contributed by atoms with Gasteiger partial charge in [0.05, 0.1) is 17.9 Å². The van der Waals surface area contributed by atoms with Crippen molar-refractivity contribution < 1.29 is 9.84 Å². The molecule has 1 N–H and O–H groups in total. The number of hydrogen-bond donors (Lipinski definition) is 1. The Morgan fingerprint density at radius 2 is 1.95 bits per heavy atom. The fourth-order valence-electron chi connectivity index (χ4n) is 2.40. The summed E-state index contributed by atoms with van der Waals surface area (Å²) in [6, 6.07) is 10.3. The number of rotatable bonds is 8. The molecule has 0 aliphatic rings. The Morgan fingerprint density at radius 1 is 1.23 bits per heavy atom. The van der Waals surface area contributed by atoms with Gasteiger partial charge < -0.3 is 9.84 Å². The molecule has 22 heavy (non-hydrogen) atoms. The van der Waals surface area contributed by atoms with Crippen molar-refractivity contribution in [2.24, 2.45) is 0 Å². The molecule has 0 saturated heterocycles. The fraction of sp³-hybridized carbons (Fsp3) is 0.471. The van der Waals surface area contributed by atoms with Crippen molar-refractivity contribution in [3.8, 4) is 0 Å². The van der Waals surface area contributed by atoms with Crippen LogP contribution in [0.15, 0.2) is 35.7 Å². The maximum atomic E-state index is 10.2. The summed E-state index contributed by atoms with van der Waals surface area (Å²) in [7, 11) is 1.68. The number of aromatic nitrogens is 1. The highest BCUT2D eigenvalue weighted by Crippen LogP contribution is 2.16. The van der Waals surface area contributed by atoms with Gasteiger partial charge in [-0.05, 0) is 19.4 Å². The van der Waals surface area contributed by atoms with E-state index in [9.17, 15) is 5.11 Å². The summed E-state index contributed by atoms with van der Waals surface area (Å²) >= 11 is 1.62. The van der Waals surface area contributed by atoms with Crippen molar-refractivity contribution in [3.63, 3.8) is 0 Å². The first-order valence-corrected chi connectivity index (χ1v) is 8.25. The molecule has 0 spiro atoms. The normalized spacial score (nSPS) is 12.0. The van der Waals surface area contributed by atoms with Crippen molar-refractivity contribution in [1.29, 1.82) is 0 Å². The average molecular weight is 320 g/mol. The SMILES string of the molecule is COCc1nc(CN(Cc2ccccc2)CC(C)(C)O)cs1. The summed E-state index contributed by atoms with van der Waals surface area (Å²) in [5, 5.41) is 13.2. The molecule has 1 aromatic carbocycles. The molecule has 0 amide bonds. The fourth-order valence-corrected chi connectivity index (χ4v) is 3.15. The minimum atomic E-state index is -0.736. The summed E-state index contributed by atoms with van der Waals surface area (Å²) in [6.45, 7) is 6.33. The zero-order valence-corrected chi connectivity index (χ0v) is 14.3. The number of nitrogens with zero attached hydrogens (tertiary/aromatic N) is 2. The number of aliphatic hydroxyl groups is 1. The largest absolute Gasteiger partial charge is 0.389 e. The second kappa shape index (κ2) is 7.83. The molecule has 0 atom stereocenters. The molecule has 4 nitrogen and oxygen atoms in total. The third-order valence-electron chi connectivity index (χ3n) is 3.11. The monoisotopic (exact) mass is 320 g/mol. The van der Waals surface area contributed by atoms with Gasteiger partial charge >= 0.3 is 0 Å². The van der Waals surface area contributed by atoms with Gasteiger partial charge in [-0.25, -0.2) is 4.98 Å². The molecule has 5 heteroatoms. The molecule has 2 aromatic rings. The quantitative estimate of drug-likeness (QED) is 0.812. The lowest BCUT2D eigenvalue weighted by atomic mass is 10.1. The van der Waals surface area contributed by atoms with E-state index in [-0.39, 0.29) is 0 Å². The maximum Gasteiger partial charge on any atom is 0.119 e. The minimum absolute atomic E-state index is 0.550. The second-order valence-corrected chi connectivity index (χ2v) is 7.05. The van der Waals surface area contributed by atoms with E-state index in [0.717, 1.165) is 23.8 Å². The standard InChI is InChI=1S/C17H24N2O2S/c1-17(2,20)13-19(9-14-7-5-4-6-8-14)10-15-12-22-16(18-15)11-21-3/h4-8,12,20H,9-11,13H2,1-3H3. The zero-order valence-electron chi connectivity index (χ0n) is 13.5. The van der Waals surface area contributed by atoms with E-state index >= 15 is 0 Å². The summed E-state index contributed by atoms with van der Waals surface area (Å²) in [6.07, 6.45) is 0. The van der Waals surface area contributed by atoms with Crippen molar-refractivity contribution in [3.05, 3.63) is 52.0 Å². The van der Waals surface area contributed by atoms with Crippen LogP contribution in [-0.4, -0.2) is 34.2 Å². The summed E-state index contributed by atoms with van der Waals surface area (Å²) in [5.74, 6) is 0. The van der Waals surface area contributed by atoms with E-state index < -0.39 is 5.60 Å². The Balaban J connectivity index is 2.06. The van der Waals surface area contributed by atoms with Crippen LogP contribution in [0, 0.1) is 0 Å². The predicted molar refractivity (Wildman–Crippen MR) is 89.7 cm³/mol. The van der Waals surface area contributed by atoms with Crippen LogP contribution < -0.4 is 0 Å². The zero-order chi connectivity index (χ0) is 16.0. The van der Waals surface area contributed by atoms with Crippen molar-refractivity contribution >= 4 is 11.3 Å². The molecule has 0 saturated carbocycles. The molecular weight excluding hydrogens is 296 g/mol. The Morgan fingerprint density at radius 3 is 2.59 bits per heavy atom. The lowest BCUT2D eigenvalue weighted by Crippen LogP contribution is -2.38. The molecule has 0 aliphatic heterocycles. The summed E-state index contributed by atoms with van der Waals surface area (Å²) in [5.41, 5.74) is 1.52. The van der Waals surface area contributed by atoms with E-state index in [1.807, 2.05) is 32.0 Å². The van der Waals surface area contributed by atoms with Crippen molar-refractivity contribution in [1.82, 2.24) is 9.88 Å². The lowest BCUT2D eigenvalue weighted by molar-refractivity contribution is 0.0303. The first-order valence-electron chi connectivity index (χ1n) is 7.37. The van der Waals surface area contributed by atoms with Gasteiger partial charge in [0.15, 0.2) is 0 Å². The van der Waals surface area contributed by atoms with Crippen LogP contribution in [0.4, 0.5) is 0 Å². The highest BCUT2D eigenvalue weighted by molar-refractivity contribution is 7.09. The Bertz CT molecular complexity index is 564. The highest BCUT2D eigenvalue weighted by atomic mass is 32.1. The molecule has 0 radical (unpaired) electrons. The van der Waals surface area contributed by atoms with Gasteiger partial charge in [0, 0.05) is 32.1 Å². The van der Waals surface area contributed by atoms with Crippen LogP contribution in [0.3, 0.4) is 0 Å². The Kier molecular flexibility index (Phi) is 6.08. The van der Waals surface area contributed by atoms with Gasteiger partial charge in [-0.15, -0.1) is 11.3 Å². The smallest absolute Gasteiger partial charge is 0.119 e. The van der Waals surface area contributed by atoms with Crippen LogP contribution in [0.5, 0.6) is 0 Å². The van der Waals surface area contributed by atoms with Gasteiger partial charge in [0.2, 0.25) is 0 Å². The first kappa shape index (κ1) is 17.1. The van der Waals surface area contributed by atoms with Crippen molar-refractivity contribution in [2.75, 3.05) is 13.7 Å². The lowest BCUT2D eigenvalue weighted by Gasteiger charge is -2.28. The molecule has 2 rings (SSSR count). The van der Waals surface area contributed by atoms with Crippen LogP contribution >= 0.6 is 11.3 Å². The van der Waals surface area contributed by atoms with E-state index in [4.69, 9.17) is 4.74 Å². The molecule has 1 aromatic heterocycles. The first-order chi connectivity index (χ1) is 10.5. The van der Waals surface area contributed by atoms with Gasteiger partial charge in [-0.1, -0.05) is 30.3 Å². The molecule has 0 fully saturated rings. The number of benzene rings is 1.